The van der Waals surface area contributed by atoms with E-state index in [1.807, 2.05) is 26.2 Å². The van der Waals surface area contributed by atoms with Gasteiger partial charge in [0.15, 0.2) is 0 Å². The highest BCUT2D eigenvalue weighted by atomic mass is 16.6. The van der Waals surface area contributed by atoms with Crippen molar-refractivity contribution in [1.29, 1.82) is 0 Å². The zero-order valence-corrected chi connectivity index (χ0v) is 17.7. The van der Waals surface area contributed by atoms with Gasteiger partial charge in [-0.25, -0.2) is 4.79 Å². The van der Waals surface area contributed by atoms with E-state index in [-0.39, 0.29) is 42.5 Å². The molecule has 3 amide bonds. The fraction of sp³-hybridized carbons (Fsp3) is 0.524. The summed E-state index contributed by atoms with van der Waals surface area (Å²) in [5.74, 6) is -0.0424. The molecular formula is C21H26N6O4. The molecule has 1 unspecified atom stereocenters. The van der Waals surface area contributed by atoms with Crippen LogP contribution in [0, 0.1) is 6.92 Å². The average Bonchev–Trinajstić information content (AvgIpc) is 3.51. The van der Waals surface area contributed by atoms with E-state index in [1.54, 1.807) is 31.6 Å². The van der Waals surface area contributed by atoms with Crippen molar-refractivity contribution < 1.29 is 19.1 Å². The van der Waals surface area contributed by atoms with Crippen LogP contribution in [0.3, 0.4) is 0 Å². The Bertz CT molecular complexity index is 1030. The lowest BCUT2D eigenvalue weighted by atomic mass is 10.1. The third-order valence-corrected chi connectivity index (χ3v) is 6.54. The molecule has 3 aliphatic heterocycles. The van der Waals surface area contributed by atoms with E-state index in [0.717, 1.165) is 11.4 Å². The Balaban J connectivity index is 1.23. The number of aryl methyl sites for hydroxylation is 2. The quantitative estimate of drug-likeness (QED) is 0.769. The Labute approximate surface area is 179 Å². The van der Waals surface area contributed by atoms with Crippen LogP contribution in [0.5, 0.6) is 0 Å². The SMILES string of the molecule is Cc1[nH]ccc1C(=O)N1C[C@@H]2OC(=O)N(C3CCN(C(=O)Cc4ccn(C)n4)C3)[C@@H]2C1. The number of carbonyl (C=O) groups excluding carboxylic acids is 3. The number of hydrogen-bond acceptors (Lipinski definition) is 5. The third kappa shape index (κ3) is 3.45. The first-order chi connectivity index (χ1) is 14.9. The number of likely N-dealkylation sites (tertiary alicyclic amines) is 2. The van der Waals surface area contributed by atoms with Crippen molar-refractivity contribution in [2.24, 2.45) is 7.05 Å². The van der Waals surface area contributed by atoms with Crippen LogP contribution in [0.25, 0.3) is 0 Å². The van der Waals surface area contributed by atoms with Crippen LogP contribution in [0.2, 0.25) is 0 Å². The van der Waals surface area contributed by atoms with Crippen molar-refractivity contribution in [3.8, 4) is 0 Å². The predicted molar refractivity (Wildman–Crippen MR) is 109 cm³/mol. The Morgan fingerprint density at radius 2 is 2.06 bits per heavy atom. The second-order valence-electron chi connectivity index (χ2n) is 8.56. The van der Waals surface area contributed by atoms with Crippen molar-refractivity contribution in [3.05, 3.63) is 41.5 Å². The van der Waals surface area contributed by atoms with Gasteiger partial charge in [-0.3, -0.25) is 19.2 Å². The minimum Gasteiger partial charge on any atom is -0.442 e. The van der Waals surface area contributed by atoms with E-state index in [0.29, 0.717) is 38.2 Å². The van der Waals surface area contributed by atoms with Gasteiger partial charge in [0.1, 0.15) is 6.10 Å². The highest BCUT2D eigenvalue weighted by Gasteiger charge is 2.52. The van der Waals surface area contributed by atoms with Crippen LogP contribution in [0.15, 0.2) is 24.5 Å². The summed E-state index contributed by atoms with van der Waals surface area (Å²) < 4.78 is 7.28. The summed E-state index contributed by atoms with van der Waals surface area (Å²) in [6.45, 7) is 3.78. The number of aromatic amines is 1. The molecule has 3 atom stereocenters. The first-order valence-corrected chi connectivity index (χ1v) is 10.6. The number of H-pyrrole nitrogens is 1. The van der Waals surface area contributed by atoms with E-state index >= 15 is 0 Å². The van der Waals surface area contributed by atoms with Crippen molar-refractivity contribution in [1.82, 2.24) is 29.5 Å². The number of ether oxygens (including phenoxy) is 1. The van der Waals surface area contributed by atoms with Gasteiger partial charge in [0.05, 0.1) is 36.3 Å². The minimum absolute atomic E-state index is 0.0106. The van der Waals surface area contributed by atoms with Gasteiger partial charge in [-0.2, -0.15) is 5.10 Å². The number of amides is 3. The maximum absolute atomic E-state index is 12.9. The van der Waals surface area contributed by atoms with Crippen LogP contribution in [-0.2, 0) is 23.0 Å². The lowest BCUT2D eigenvalue weighted by Crippen LogP contribution is -2.47. The summed E-state index contributed by atoms with van der Waals surface area (Å²) in [5, 5.41) is 4.27. The van der Waals surface area contributed by atoms with Gasteiger partial charge in [-0.1, -0.05) is 0 Å². The Morgan fingerprint density at radius 3 is 2.77 bits per heavy atom. The number of nitrogens with zero attached hydrogens (tertiary/aromatic N) is 5. The summed E-state index contributed by atoms with van der Waals surface area (Å²) in [6, 6.07) is 3.34. The van der Waals surface area contributed by atoms with Gasteiger partial charge in [0, 0.05) is 44.8 Å². The van der Waals surface area contributed by atoms with Crippen molar-refractivity contribution in [2.45, 2.75) is 38.0 Å². The molecule has 0 bridgehead atoms. The maximum Gasteiger partial charge on any atom is 0.410 e. The van der Waals surface area contributed by atoms with Gasteiger partial charge < -0.3 is 19.5 Å². The number of hydrogen-bond donors (Lipinski definition) is 1. The highest BCUT2D eigenvalue weighted by Crippen LogP contribution is 2.32. The number of nitrogens with one attached hydrogen (secondary N) is 1. The van der Waals surface area contributed by atoms with Gasteiger partial charge in [0.2, 0.25) is 5.91 Å². The zero-order chi connectivity index (χ0) is 21.7. The van der Waals surface area contributed by atoms with E-state index in [9.17, 15) is 14.4 Å². The Kier molecular flexibility index (Phi) is 4.71. The van der Waals surface area contributed by atoms with Gasteiger partial charge in [0.25, 0.3) is 5.91 Å². The smallest absolute Gasteiger partial charge is 0.410 e. The van der Waals surface area contributed by atoms with E-state index in [4.69, 9.17) is 4.74 Å². The van der Waals surface area contributed by atoms with Crippen LogP contribution in [-0.4, -0.2) is 91.7 Å². The molecule has 1 N–H and O–H groups in total. The molecule has 0 saturated carbocycles. The molecule has 2 aromatic heterocycles. The molecule has 3 aliphatic rings. The molecule has 2 aromatic rings. The van der Waals surface area contributed by atoms with Crippen molar-refractivity contribution in [3.63, 3.8) is 0 Å². The topological polar surface area (TPSA) is 104 Å². The summed E-state index contributed by atoms with van der Waals surface area (Å²) in [4.78, 5) is 46.5. The summed E-state index contributed by atoms with van der Waals surface area (Å²) >= 11 is 0. The molecule has 10 heteroatoms. The summed E-state index contributed by atoms with van der Waals surface area (Å²) in [6.07, 6.45) is 3.86. The fourth-order valence-corrected chi connectivity index (χ4v) is 4.93. The van der Waals surface area contributed by atoms with Gasteiger partial charge in [-0.05, 0) is 25.5 Å². The molecule has 0 aromatic carbocycles. The third-order valence-electron chi connectivity index (χ3n) is 6.54. The van der Waals surface area contributed by atoms with Crippen molar-refractivity contribution in [2.75, 3.05) is 26.2 Å². The van der Waals surface area contributed by atoms with E-state index in [1.165, 1.54) is 0 Å². The standard InChI is InChI=1S/C21H26N6O4/c1-13-16(3-6-22-13)20(29)26-11-17-18(12-26)31-21(30)27(17)15-5-8-25(10-15)19(28)9-14-4-7-24(2)23-14/h3-4,6-7,15,17-18,22H,5,8-12H2,1-2H3/t15?,17-,18+/m1/s1. The number of aromatic nitrogens is 3. The molecule has 3 saturated heterocycles. The number of carbonyl (C=O) groups is 3. The average molecular weight is 426 g/mol. The second-order valence-corrected chi connectivity index (χ2v) is 8.56. The molecule has 0 spiro atoms. The van der Waals surface area contributed by atoms with Gasteiger partial charge in [-0.15, -0.1) is 0 Å². The van der Waals surface area contributed by atoms with Crippen LogP contribution in [0.1, 0.15) is 28.2 Å². The summed E-state index contributed by atoms with van der Waals surface area (Å²) in [5.41, 5.74) is 2.21. The summed E-state index contributed by atoms with van der Waals surface area (Å²) in [7, 11) is 1.82. The molecule has 5 rings (SSSR count). The fourth-order valence-electron chi connectivity index (χ4n) is 4.93. The molecule has 164 valence electrons. The lowest BCUT2D eigenvalue weighted by molar-refractivity contribution is -0.129. The first-order valence-electron chi connectivity index (χ1n) is 10.6. The molecule has 3 fully saturated rings. The molecular weight excluding hydrogens is 400 g/mol. The molecule has 31 heavy (non-hydrogen) atoms. The van der Waals surface area contributed by atoms with E-state index < -0.39 is 0 Å². The molecule has 5 heterocycles. The first kappa shape index (κ1) is 19.7. The normalized spacial score (nSPS) is 25.3. The minimum atomic E-state index is -0.344. The maximum atomic E-state index is 12.9. The molecule has 0 radical (unpaired) electrons. The largest absolute Gasteiger partial charge is 0.442 e. The molecule has 10 nitrogen and oxygen atoms in total. The lowest BCUT2D eigenvalue weighted by Gasteiger charge is -2.28. The van der Waals surface area contributed by atoms with Crippen molar-refractivity contribution >= 4 is 17.9 Å². The monoisotopic (exact) mass is 426 g/mol. The number of fused-ring (bicyclic) bond motifs is 1. The Morgan fingerprint density at radius 1 is 1.23 bits per heavy atom. The van der Waals surface area contributed by atoms with Crippen LogP contribution >= 0.6 is 0 Å². The van der Waals surface area contributed by atoms with Crippen LogP contribution in [0.4, 0.5) is 4.79 Å². The second kappa shape index (κ2) is 7.44. The Hall–Kier alpha value is -3.30. The predicted octanol–water partition coefficient (Wildman–Crippen LogP) is 0.545. The highest BCUT2D eigenvalue weighted by molar-refractivity contribution is 5.95. The van der Waals surface area contributed by atoms with E-state index in [2.05, 4.69) is 10.1 Å². The molecule has 0 aliphatic carbocycles. The number of rotatable bonds is 4. The van der Waals surface area contributed by atoms with Gasteiger partial charge >= 0.3 is 6.09 Å². The zero-order valence-electron chi connectivity index (χ0n) is 17.7. The van der Waals surface area contributed by atoms with Crippen LogP contribution < -0.4 is 0 Å².